The minimum Gasteiger partial charge on any atom is -0.330 e. The van der Waals surface area contributed by atoms with Crippen molar-refractivity contribution in [3.05, 3.63) is 11.8 Å². The molecule has 0 aliphatic heterocycles. The molecule has 1 amide bonds. The molecule has 114 valence electrons. The van der Waals surface area contributed by atoms with Crippen molar-refractivity contribution >= 4 is 11.7 Å². The van der Waals surface area contributed by atoms with Gasteiger partial charge in [-0.3, -0.25) is 9.89 Å². The predicted octanol–water partition coefficient (Wildman–Crippen LogP) is 2.87. The zero-order chi connectivity index (χ0) is 15.1. The molecule has 0 fully saturated rings. The summed E-state index contributed by atoms with van der Waals surface area (Å²) in [6.45, 7) is 9.21. The molecule has 1 unspecified atom stereocenters. The standard InChI is InChI=1S/C15H28N4O/c1-10(2)12(7-8-16)5-6-15(20)17-14-9-13(11(3)4)18-19-14/h9-12H,5-8,16H2,1-4H3,(H2,17,18,19,20). The lowest BCUT2D eigenvalue weighted by molar-refractivity contribution is -0.116. The Balaban J connectivity index is 2.42. The SMILES string of the molecule is CC(C)c1cc(NC(=O)CCC(CCN)C(C)C)n[nH]1. The van der Waals surface area contributed by atoms with Crippen molar-refractivity contribution in [2.75, 3.05) is 11.9 Å². The van der Waals surface area contributed by atoms with Gasteiger partial charge in [0.05, 0.1) is 0 Å². The fraction of sp³-hybridized carbons (Fsp3) is 0.733. The Morgan fingerprint density at radius 1 is 1.35 bits per heavy atom. The van der Waals surface area contributed by atoms with Crippen LogP contribution < -0.4 is 11.1 Å². The number of nitrogens with two attached hydrogens (primary N) is 1. The number of amides is 1. The van der Waals surface area contributed by atoms with Gasteiger partial charge in [0, 0.05) is 18.2 Å². The summed E-state index contributed by atoms with van der Waals surface area (Å²) in [5.41, 5.74) is 6.64. The third-order valence-corrected chi connectivity index (χ3v) is 3.71. The topological polar surface area (TPSA) is 83.8 Å². The van der Waals surface area contributed by atoms with Crippen molar-refractivity contribution in [2.45, 2.75) is 52.9 Å². The number of carbonyl (C=O) groups is 1. The Kier molecular flexibility index (Phi) is 6.71. The molecule has 0 saturated heterocycles. The van der Waals surface area contributed by atoms with E-state index in [2.05, 4.69) is 43.2 Å². The lowest BCUT2D eigenvalue weighted by Crippen LogP contribution is -2.18. The molecule has 1 aromatic heterocycles. The van der Waals surface area contributed by atoms with Gasteiger partial charge in [0.2, 0.25) is 5.91 Å². The first-order chi connectivity index (χ1) is 9.43. The number of nitrogens with zero attached hydrogens (tertiary/aromatic N) is 1. The molecular weight excluding hydrogens is 252 g/mol. The van der Waals surface area contributed by atoms with Gasteiger partial charge in [0.15, 0.2) is 5.82 Å². The van der Waals surface area contributed by atoms with Crippen molar-refractivity contribution in [3.63, 3.8) is 0 Å². The van der Waals surface area contributed by atoms with Gasteiger partial charge in [0.25, 0.3) is 0 Å². The van der Waals surface area contributed by atoms with Gasteiger partial charge in [-0.2, -0.15) is 5.10 Å². The van der Waals surface area contributed by atoms with Crippen LogP contribution >= 0.6 is 0 Å². The van der Waals surface area contributed by atoms with E-state index in [0.717, 1.165) is 18.5 Å². The quantitative estimate of drug-likeness (QED) is 0.684. The second-order valence-corrected chi connectivity index (χ2v) is 6.03. The summed E-state index contributed by atoms with van der Waals surface area (Å²) in [5, 5.41) is 9.87. The van der Waals surface area contributed by atoms with E-state index in [1.54, 1.807) is 0 Å². The van der Waals surface area contributed by atoms with Crippen molar-refractivity contribution in [3.8, 4) is 0 Å². The van der Waals surface area contributed by atoms with Gasteiger partial charge in [-0.25, -0.2) is 0 Å². The van der Waals surface area contributed by atoms with Crippen LogP contribution in [0.4, 0.5) is 5.82 Å². The first kappa shape index (κ1) is 16.7. The van der Waals surface area contributed by atoms with Crippen LogP contribution in [0.1, 0.15) is 58.6 Å². The van der Waals surface area contributed by atoms with E-state index in [9.17, 15) is 4.79 Å². The molecule has 0 aliphatic carbocycles. The zero-order valence-corrected chi connectivity index (χ0v) is 13.1. The molecule has 0 bridgehead atoms. The molecule has 4 N–H and O–H groups in total. The number of aromatic amines is 1. The average molecular weight is 280 g/mol. The van der Waals surface area contributed by atoms with E-state index in [1.165, 1.54) is 0 Å². The summed E-state index contributed by atoms with van der Waals surface area (Å²) in [5.74, 6) is 2.08. The number of hydrogen-bond donors (Lipinski definition) is 3. The summed E-state index contributed by atoms with van der Waals surface area (Å²) in [4.78, 5) is 11.9. The lowest BCUT2D eigenvalue weighted by atomic mass is 9.88. The second-order valence-electron chi connectivity index (χ2n) is 6.03. The van der Waals surface area contributed by atoms with Crippen molar-refractivity contribution < 1.29 is 4.79 Å². The van der Waals surface area contributed by atoms with Crippen LogP contribution in [0.2, 0.25) is 0 Å². The summed E-state index contributed by atoms with van der Waals surface area (Å²) in [6, 6.07) is 1.89. The van der Waals surface area contributed by atoms with Gasteiger partial charge in [-0.15, -0.1) is 0 Å². The summed E-state index contributed by atoms with van der Waals surface area (Å²) in [7, 11) is 0. The molecule has 20 heavy (non-hydrogen) atoms. The molecule has 1 rings (SSSR count). The molecule has 0 radical (unpaired) electrons. The minimum atomic E-state index is 0.0227. The Morgan fingerprint density at radius 2 is 2.05 bits per heavy atom. The van der Waals surface area contributed by atoms with Crippen LogP contribution in [0, 0.1) is 11.8 Å². The Labute approximate surface area is 121 Å². The molecule has 1 heterocycles. The Bertz CT molecular complexity index is 412. The third-order valence-electron chi connectivity index (χ3n) is 3.71. The van der Waals surface area contributed by atoms with Gasteiger partial charge < -0.3 is 11.1 Å². The van der Waals surface area contributed by atoms with Crippen LogP contribution in [-0.4, -0.2) is 22.6 Å². The van der Waals surface area contributed by atoms with Crippen molar-refractivity contribution in [2.24, 2.45) is 17.6 Å². The predicted molar refractivity (Wildman–Crippen MR) is 82.5 cm³/mol. The number of H-pyrrole nitrogens is 1. The smallest absolute Gasteiger partial charge is 0.225 e. The normalized spacial score (nSPS) is 12.9. The maximum Gasteiger partial charge on any atom is 0.225 e. The highest BCUT2D eigenvalue weighted by Gasteiger charge is 2.15. The van der Waals surface area contributed by atoms with Crippen LogP contribution in [0.3, 0.4) is 0 Å². The Morgan fingerprint density at radius 3 is 2.55 bits per heavy atom. The second kappa shape index (κ2) is 8.04. The van der Waals surface area contributed by atoms with Crippen LogP contribution in [0.5, 0.6) is 0 Å². The first-order valence-corrected chi connectivity index (χ1v) is 7.49. The van der Waals surface area contributed by atoms with Crippen LogP contribution in [-0.2, 0) is 4.79 Å². The maximum absolute atomic E-state index is 11.9. The number of carbonyl (C=O) groups excluding carboxylic acids is 1. The highest BCUT2D eigenvalue weighted by molar-refractivity contribution is 5.89. The molecule has 1 atom stereocenters. The molecule has 5 heteroatoms. The summed E-state index contributed by atoms with van der Waals surface area (Å²) in [6.07, 6.45) is 2.37. The average Bonchev–Trinajstić information content (AvgIpc) is 2.82. The van der Waals surface area contributed by atoms with Gasteiger partial charge in [-0.1, -0.05) is 27.7 Å². The fourth-order valence-corrected chi connectivity index (χ4v) is 2.24. The van der Waals surface area contributed by atoms with Crippen LogP contribution in [0.25, 0.3) is 0 Å². The number of hydrogen-bond acceptors (Lipinski definition) is 3. The minimum absolute atomic E-state index is 0.0227. The molecule has 0 aliphatic rings. The van der Waals surface area contributed by atoms with E-state index in [4.69, 9.17) is 5.73 Å². The zero-order valence-electron chi connectivity index (χ0n) is 13.1. The van der Waals surface area contributed by atoms with E-state index >= 15 is 0 Å². The number of rotatable bonds is 8. The fourth-order valence-electron chi connectivity index (χ4n) is 2.24. The summed E-state index contributed by atoms with van der Waals surface area (Å²) >= 11 is 0. The number of aromatic nitrogens is 2. The van der Waals surface area contributed by atoms with Gasteiger partial charge in [-0.05, 0) is 37.1 Å². The van der Waals surface area contributed by atoms with Gasteiger partial charge in [0.1, 0.15) is 0 Å². The maximum atomic E-state index is 11.9. The number of anilines is 1. The van der Waals surface area contributed by atoms with Crippen molar-refractivity contribution in [1.82, 2.24) is 10.2 Å². The molecule has 1 aromatic rings. The van der Waals surface area contributed by atoms with E-state index in [0.29, 0.717) is 36.5 Å². The highest BCUT2D eigenvalue weighted by atomic mass is 16.1. The first-order valence-electron chi connectivity index (χ1n) is 7.49. The van der Waals surface area contributed by atoms with E-state index in [1.807, 2.05) is 6.07 Å². The van der Waals surface area contributed by atoms with E-state index in [-0.39, 0.29) is 5.91 Å². The molecule has 5 nitrogen and oxygen atoms in total. The lowest BCUT2D eigenvalue weighted by Gasteiger charge is -2.19. The van der Waals surface area contributed by atoms with E-state index < -0.39 is 0 Å². The van der Waals surface area contributed by atoms with Crippen molar-refractivity contribution in [1.29, 1.82) is 0 Å². The third kappa shape index (κ3) is 5.33. The molecular formula is C15H28N4O. The Hall–Kier alpha value is -1.36. The van der Waals surface area contributed by atoms with Crippen LogP contribution in [0.15, 0.2) is 6.07 Å². The van der Waals surface area contributed by atoms with Gasteiger partial charge >= 0.3 is 0 Å². The molecule has 0 spiro atoms. The summed E-state index contributed by atoms with van der Waals surface area (Å²) < 4.78 is 0. The molecule has 0 aromatic carbocycles. The largest absolute Gasteiger partial charge is 0.330 e. The monoisotopic (exact) mass is 280 g/mol. The number of nitrogens with one attached hydrogen (secondary N) is 2. The highest BCUT2D eigenvalue weighted by Crippen LogP contribution is 2.21. The molecule has 0 saturated carbocycles.